The fraction of sp³-hybridized carbons (Fsp3) is 0.333. The zero-order valence-electron chi connectivity index (χ0n) is 20.9. The van der Waals surface area contributed by atoms with Gasteiger partial charge in [0.05, 0.1) is 6.42 Å². The highest BCUT2D eigenvalue weighted by Gasteiger charge is 2.38. The predicted octanol–water partition coefficient (Wildman–Crippen LogP) is 2.42. The van der Waals surface area contributed by atoms with Crippen LogP contribution in [0.2, 0.25) is 0 Å². The highest BCUT2D eigenvalue weighted by Crippen LogP contribution is 2.19. The van der Waals surface area contributed by atoms with Crippen LogP contribution in [0.3, 0.4) is 0 Å². The van der Waals surface area contributed by atoms with Gasteiger partial charge in [0.2, 0.25) is 11.7 Å². The number of alkyl halides is 3. The molecule has 1 heterocycles. The van der Waals surface area contributed by atoms with Crippen molar-refractivity contribution in [2.75, 3.05) is 0 Å². The molecule has 40 heavy (non-hydrogen) atoms. The van der Waals surface area contributed by atoms with Crippen molar-refractivity contribution in [1.82, 2.24) is 5.32 Å². The van der Waals surface area contributed by atoms with Crippen LogP contribution in [0.15, 0.2) is 40.8 Å². The lowest BCUT2D eigenvalue weighted by atomic mass is 10.00. The number of halogens is 3. The number of nitrogens with one attached hydrogen (secondary N) is 2. The Bertz CT molecular complexity index is 1230. The number of esters is 1. The molecule has 0 aliphatic rings. The highest BCUT2D eigenvalue weighted by molar-refractivity contribution is 5.95. The molecule has 0 spiro atoms. The normalized spacial score (nSPS) is 12.2. The Hall–Kier alpha value is -4.89. The van der Waals surface area contributed by atoms with E-state index < -0.39 is 48.4 Å². The first kappa shape index (κ1) is 33.1. The molecule has 7 N–H and O–H groups in total. The molecule has 0 radical (unpaired) electrons. The Morgan fingerprint density at radius 1 is 1.05 bits per heavy atom. The van der Waals surface area contributed by atoms with E-state index in [0.717, 1.165) is 0 Å². The zero-order chi connectivity index (χ0) is 30.6. The van der Waals surface area contributed by atoms with Gasteiger partial charge in [-0.15, -0.1) is 0 Å². The van der Waals surface area contributed by atoms with Gasteiger partial charge in [-0.1, -0.05) is 6.92 Å². The number of carboxylic acids is 3. The van der Waals surface area contributed by atoms with Crippen LogP contribution in [0.1, 0.15) is 48.1 Å². The van der Waals surface area contributed by atoms with Crippen LogP contribution in [-0.4, -0.2) is 63.2 Å². The average molecular weight is 573 g/mol. The number of carbonyl (C=O) groups is 5. The molecule has 2 atom stereocenters. The van der Waals surface area contributed by atoms with Crippen LogP contribution in [0.5, 0.6) is 5.75 Å². The second-order valence-electron chi connectivity index (χ2n) is 8.30. The van der Waals surface area contributed by atoms with Gasteiger partial charge in [0.1, 0.15) is 23.4 Å². The highest BCUT2D eigenvalue weighted by atomic mass is 19.4. The molecule has 13 nitrogen and oxygen atoms in total. The number of ether oxygens (including phenoxy) is 1. The van der Waals surface area contributed by atoms with Crippen LogP contribution in [0.25, 0.3) is 0 Å². The van der Waals surface area contributed by atoms with Gasteiger partial charge in [-0.05, 0) is 48.7 Å². The Morgan fingerprint density at radius 2 is 1.62 bits per heavy atom. The number of nitrogen functional groups attached to an aromatic ring is 1. The van der Waals surface area contributed by atoms with E-state index in [2.05, 4.69) is 5.32 Å². The molecule has 1 amide bonds. The molecular formula is C24H26F3N3O10. The molecule has 0 bridgehead atoms. The Morgan fingerprint density at radius 3 is 2.10 bits per heavy atom. The van der Waals surface area contributed by atoms with Crippen molar-refractivity contribution in [2.24, 2.45) is 11.7 Å². The monoisotopic (exact) mass is 573 g/mol. The molecule has 1 aromatic heterocycles. The summed E-state index contributed by atoms with van der Waals surface area (Å²) in [6.45, 7) is 1.86. The van der Waals surface area contributed by atoms with E-state index in [0.29, 0.717) is 24.2 Å². The minimum absolute atomic E-state index is 0.00329. The Kier molecular flexibility index (Phi) is 12.3. The standard InChI is InChI=1S/C22H25N3O8.C2HF3O2/c1-12(2-9-18(26)25-16(21(29)30)11-19(27)28)10-15-7-8-17(32-15)22(31)33-14-5-3-13(4-6-14)20(23)24;3-2(4,5)1(6)7/h3-8,12,16H,2,9-11H2,1H3,(H3,23,24)(H,25,26)(H,27,28)(H,29,30);(H,6,7)/t12?,16-;/m0./s1. The summed E-state index contributed by atoms with van der Waals surface area (Å²) in [5.41, 5.74) is 5.88. The fourth-order valence-corrected chi connectivity index (χ4v) is 2.92. The molecule has 0 saturated carbocycles. The maximum Gasteiger partial charge on any atom is 0.490 e. The summed E-state index contributed by atoms with van der Waals surface area (Å²) in [4.78, 5) is 54.8. The quantitative estimate of drug-likeness (QED) is 0.0934. The van der Waals surface area contributed by atoms with Crippen molar-refractivity contribution in [3.63, 3.8) is 0 Å². The van der Waals surface area contributed by atoms with Gasteiger partial charge in [0.25, 0.3) is 0 Å². The summed E-state index contributed by atoms with van der Waals surface area (Å²) in [5.74, 6) is -6.10. The third-order valence-electron chi connectivity index (χ3n) is 4.91. The smallest absolute Gasteiger partial charge is 0.481 e. The van der Waals surface area contributed by atoms with E-state index >= 15 is 0 Å². The van der Waals surface area contributed by atoms with Crippen molar-refractivity contribution in [2.45, 2.75) is 44.8 Å². The van der Waals surface area contributed by atoms with E-state index in [-0.39, 0.29) is 29.7 Å². The SMILES string of the molecule is CC(CCC(=O)N[C@@H](CC(=O)O)C(=O)O)Cc1ccc(C(=O)Oc2ccc(C(=N)N)cc2)o1.O=C(O)C(F)(F)F. The first-order valence-corrected chi connectivity index (χ1v) is 11.3. The minimum Gasteiger partial charge on any atom is -0.481 e. The summed E-state index contributed by atoms with van der Waals surface area (Å²) in [6.07, 6.45) is -4.96. The third kappa shape index (κ3) is 12.1. The van der Waals surface area contributed by atoms with E-state index in [4.69, 9.17) is 40.4 Å². The summed E-state index contributed by atoms with van der Waals surface area (Å²) in [5, 5.41) is 34.4. The number of hydrogen-bond acceptors (Lipinski definition) is 8. The summed E-state index contributed by atoms with van der Waals surface area (Å²) < 4.78 is 42.5. The van der Waals surface area contributed by atoms with Gasteiger partial charge >= 0.3 is 30.1 Å². The second kappa shape index (κ2) is 14.9. The van der Waals surface area contributed by atoms with E-state index in [1.165, 1.54) is 18.2 Å². The zero-order valence-corrected chi connectivity index (χ0v) is 20.9. The molecule has 0 fully saturated rings. The lowest BCUT2D eigenvalue weighted by molar-refractivity contribution is -0.192. The first-order chi connectivity index (χ1) is 18.5. The number of amides is 1. The number of nitrogens with two attached hydrogens (primary N) is 1. The van der Waals surface area contributed by atoms with Gasteiger partial charge < -0.3 is 35.5 Å². The Balaban J connectivity index is 0.00000101. The van der Waals surface area contributed by atoms with Crippen LogP contribution < -0.4 is 15.8 Å². The summed E-state index contributed by atoms with van der Waals surface area (Å²) >= 11 is 0. The van der Waals surface area contributed by atoms with Crippen molar-refractivity contribution < 1.29 is 61.6 Å². The van der Waals surface area contributed by atoms with Gasteiger partial charge in [0, 0.05) is 18.4 Å². The maximum absolute atomic E-state index is 12.3. The number of amidine groups is 1. The molecule has 218 valence electrons. The molecule has 0 aliphatic carbocycles. The number of furan rings is 1. The van der Waals surface area contributed by atoms with Crippen LogP contribution >= 0.6 is 0 Å². The predicted molar refractivity (Wildman–Crippen MR) is 129 cm³/mol. The molecule has 2 aromatic rings. The van der Waals surface area contributed by atoms with Crippen molar-refractivity contribution in [3.8, 4) is 5.75 Å². The number of carbonyl (C=O) groups excluding carboxylic acids is 2. The number of aliphatic carboxylic acids is 3. The van der Waals surface area contributed by atoms with Gasteiger partial charge in [-0.2, -0.15) is 13.2 Å². The fourth-order valence-electron chi connectivity index (χ4n) is 2.92. The van der Waals surface area contributed by atoms with E-state index in [1.54, 1.807) is 18.2 Å². The number of rotatable bonds is 12. The van der Waals surface area contributed by atoms with Crippen LogP contribution in [-0.2, 0) is 25.6 Å². The van der Waals surface area contributed by atoms with Crippen molar-refractivity contribution in [1.29, 1.82) is 5.41 Å². The topological polar surface area (TPSA) is 230 Å². The molecule has 16 heteroatoms. The Labute approximate surface area is 224 Å². The second-order valence-corrected chi connectivity index (χ2v) is 8.30. The van der Waals surface area contributed by atoms with Gasteiger partial charge in [0.15, 0.2) is 0 Å². The third-order valence-corrected chi connectivity index (χ3v) is 4.91. The summed E-state index contributed by atoms with van der Waals surface area (Å²) in [6, 6.07) is 7.74. The number of hydrogen-bond donors (Lipinski definition) is 6. The van der Waals surface area contributed by atoms with Crippen LogP contribution in [0, 0.1) is 11.3 Å². The lowest BCUT2D eigenvalue weighted by Gasteiger charge is -2.14. The number of benzene rings is 1. The first-order valence-electron chi connectivity index (χ1n) is 11.3. The van der Waals surface area contributed by atoms with Gasteiger partial charge in [-0.25, -0.2) is 14.4 Å². The molecule has 0 aliphatic heterocycles. The maximum atomic E-state index is 12.3. The summed E-state index contributed by atoms with van der Waals surface area (Å²) in [7, 11) is 0. The van der Waals surface area contributed by atoms with Gasteiger partial charge in [-0.3, -0.25) is 15.0 Å². The largest absolute Gasteiger partial charge is 0.490 e. The minimum atomic E-state index is -5.08. The van der Waals surface area contributed by atoms with Crippen molar-refractivity contribution >= 4 is 35.6 Å². The molecular weight excluding hydrogens is 547 g/mol. The molecule has 0 saturated heterocycles. The van der Waals surface area contributed by atoms with E-state index in [1.807, 2.05) is 6.92 Å². The van der Waals surface area contributed by atoms with E-state index in [9.17, 15) is 32.3 Å². The number of carboxylic acid groups (broad SMARTS) is 3. The molecule has 1 unspecified atom stereocenters. The van der Waals surface area contributed by atoms with Crippen molar-refractivity contribution in [3.05, 3.63) is 53.5 Å². The average Bonchev–Trinajstić information content (AvgIpc) is 3.30. The molecule has 2 rings (SSSR count). The van der Waals surface area contributed by atoms with Crippen LogP contribution in [0.4, 0.5) is 13.2 Å². The molecule has 1 aromatic carbocycles. The lowest BCUT2D eigenvalue weighted by Crippen LogP contribution is -2.42.